The molecule has 1 heterocycles. The van der Waals surface area contributed by atoms with Gasteiger partial charge < -0.3 is 15.5 Å². The molecule has 0 radical (unpaired) electrons. The van der Waals surface area contributed by atoms with Crippen LogP contribution in [0.1, 0.15) is 32.9 Å². The van der Waals surface area contributed by atoms with Gasteiger partial charge >= 0.3 is 0 Å². The maximum absolute atomic E-state index is 11.4. The summed E-state index contributed by atoms with van der Waals surface area (Å²) in [6.07, 6.45) is 1.88. The zero-order valence-corrected chi connectivity index (χ0v) is 17.7. The minimum absolute atomic E-state index is 0.141. The number of thiazole rings is 1. The lowest BCUT2D eigenvalue weighted by Gasteiger charge is -2.25. The maximum Gasteiger partial charge on any atom is 0.191 e. The third-order valence-electron chi connectivity index (χ3n) is 3.55. The van der Waals surface area contributed by atoms with Crippen LogP contribution in [0.5, 0.6) is 0 Å². The Morgan fingerprint density at radius 3 is 2.56 bits per heavy atom. The van der Waals surface area contributed by atoms with E-state index in [-0.39, 0.29) is 11.2 Å². The van der Waals surface area contributed by atoms with Gasteiger partial charge in [0.15, 0.2) is 11.1 Å². The van der Waals surface area contributed by atoms with Crippen LogP contribution in [0.4, 0.5) is 5.13 Å². The molecule has 1 rings (SSSR count). The third kappa shape index (κ3) is 9.06. The van der Waals surface area contributed by atoms with Gasteiger partial charge in [0.2, 0.25) is 0 Å². The van der Waals surface area contributed by atoms with Crippen molar-refractivity contribution in [1.29, 1.82) is 0 Å². The van der Waals surface area contributed by atoms with E-state index in [9.17, 15) is 8.42 Å². The Morgan fingerprint density at radius 2 is 2.04 bits per heavy atom. The third-order valence-corrected chi connectivity index (χ3v) is 5.55. The van der Waals surface area contributed by atoms with Crippen LogP contribution in [0.3, 0.4) is 0 Å². The molecule has 0 aliphatic carbocycles. The van der Waals surface area contributed by atoms with Gasteiger partial charge in [0.05, 0.1) is 18.0 Å². The van der Waals surface area contributed by atoms with Crippen LogP contribution in [0.15, 0.2) is 10.4 Å². The molecule has 0 aliphatic rings. The first-order chi connectivity index (χ1) is 11.5. The number of anilines is 1. The second-order valence-corrected chi connectivity index (χ2v) is 10.2. The predicted octanol–water partition coefficient (Wildman–Crippen LogP) is 1.73. The predicted molar refractivity (Wildman–Crippen MR) is 107 cm³/mol. The number of sulfone groups is 1. The summed E-state index contributed by atoms with van der Waals surface area (Å²) < 4.78 is 22.7. The summed E-state index contributed by atoms with van der Waals surface area (Å²) in [5.41, 5.74) is 0.792. The van der Waals surface area contributed by atoms with Crippen molar-refractivity contribution < 1.29 is 8.42 Å². The van der Waals surface area contributed by atoms with Crippen molar-refractivity contribution in [3.8, 4) is 0 Å². The average molecular weight is 390 g/mol. The van der Waals surface area contributed by atoms with E-state index < -0.39 is 9.84 Å². The molecule has 0 aliphatic heterocycles. The second-order valence-electron chi connectivity index (χ2n) is 7.11. The number of aliphatic imine (C=N–C) groups is 1. The van der Waals surface area contributed by atoms with Gasteiger partial charge in [0, 0.05) is 38.8 Å². The lowest BCUT2D eigenvalue weighted by Crippen LogP contribution is -2.42. The molecule has 0 fully saturated rings. The molecule has 0 saturated carbocycles. The lowest BCUT2D eigenvalue weighted by molar-refractivity contribution is 0.348. The van der Waals surface area contributed by atoms with Crippen LogP contribution in [0.2, 0.25) is 0 Å². The Balaban J connectivity index is 2.62. The highest BCUT2D eigenvalue weighted by molar-refractivity contribution is 7.90. The Kier molecular flexibility index (Phi) is 8.14. The number of nitrogens with one attached hydrogen (secondary N) is 2. The van der Waals surface area contributed by atoms with Gasteiger partial charge in [-0.05, 0) is 18.8 Å². The average Bonchev–Trinajstić information content (AvgIpc) is 2.97. The highest BCUT2D eigenvalue weighted by atomic mass is 32.2. The molecular weight excluding hydrogens is 358 g/mol. The monoisotopic (exact) mass is 389 g/mol. The largest absolute Gasteiger partial charge is 0.357 e. The molecule has 0 saturated heterocycles. The zero-order valence-electron chi connectivity index (χ0n) is 16.1. The van der Waals surface area contributed by atoms with Crippen LogP contribution in [-0.2, 0) is 16.4 Å². The molecule has 0 spiro atoms. The summed E-state index contributed by atoms with van der Waals surface area (Å²) in [6, 6.07) is 0. The standard InChI is InChI=1S/C16H31N5O2S2/c1-7-17-14(18-10-13-11-24-15(20-13)21(4)5)19-12-16(2,3)8-9-25(6,22)23/h11H,7-10,12H2,1-6H3,(H2,17,18,19). The topological polar surface area (TPSA) is 86.7 Å². The van der Waals surface area contributed by atoms with E-state index in [1.165, 1.54) is 6.26 Å². The van der Waals surface area contributed by atoms with Crippen LogP contribution in [0.25, 0.3) is 0 Å². The zero-order chi connectivity index (χ0) is 19.1. The molecule has 2 N–H and O–H groups in total. The smallest absolute Gasteiger partial charge is 0.191 e. The van der Waals surface area contributed by atoms with Gasteiger partial charge in [-0.15, -0.1) is 11.3 Å². The highest BCUT2D eigenvalue weighted by Gasteiger charge is 2.20. The van der Waals surface area contributed by atoms with Crippen LogP contribution in [0, 0.1) is 5.41 Å². The molecular formula is C16H31N5O2S2. The summed E-state index contributed by atoms with van der Waals surface area (Å²) in [7, 11) is 0.995. The number of hydrogen-bond acceptors (Lipinski definition) is 6. The van der Waals surface area contributed by atoms with Crippen molar-refractivity contribution in [2.75, 3.05) is 44.1 Å². The summed E-state index contributed by atoms with van der Waals surface area (Å²) in [5.74, 6) is 0.913. The Bertz CT molecular complexity index is 666. The molecule has 0 amide bonds. The normalized spacial score (nSPS) is 13.0. The molecule has 1 aromatic heterocycles. The Labute approximate surface area is 155 Å². The van der Waals surface area contributed by atoms with E-state index in [1.807, 2.05) is 31.3 Å². The maximum atomic E-state index is 11.4. The molecule has 25 heavy (non-hydrogen) atoms. The number of guanidine groups is 1. The molecule has 0 aromatic carbocycles. The van der Waals surface area contributed by atoms with Crippen molar-refractivity contribution >= 4 is 32.3 Å². The van der Waals surface area contributed by atoms with Crippen molar-refractivity contribution in [1.82, 2.24) is 15.6 Å². The van der Waals surface area contributed by atoms with Crippen molar-refractivity contribution in [3.05, 3.63) is 11.1 Å². The van der Waals surface area contributed by atoms with Gasteiger partial charge in [0.25, 0.3) is 0 Å². The molecule has 0 atom stereocenters. The molecule has 0 unspecified atom stereocenters. The quantitative estimate of drug-likeness (QED) is 0.494. The second kappa shape index (κ2) is 9.38. The fourth-order valence-corrected chi connectivity index (χ4v) is 3.62. The first-order valence-electron chi connectivity index (χ1n) is 8.34. The van der Waals surface area contributed by atoms with Crippen LogP contribution < -0.4 is 15.5 Å². The van der Waals surface area contributed by atoms with E-state index >= 15 is 0 Å². The van der Waals surface area contributed by atoms with Gasteiger partial charge in [-0.25, -0.2) is 18.4 Å². The fourth-order valence-electron chi connectivity index (χ4n) is 1.95. The van der Waals surface area contributed by atoms with Crippen molar-refractivity contribution in [3.63, 3.8) is 0 Å². The van der Waals surface area contributed by atoms with E-state index in [1.54, 1.807) is 11.3 Å². The number of nitrogens with zero attached hydrogens (tertiary/aromatic N) is 3. The van der Waals surface area contributed by atoms with Crippen molar-refractivity contribution in [2.24, 2.45) is 10.4 Å². The van der Waals surface area contributed by atoms with E-state index in [0.717, 1.165) is 17.4 Å². The van der Waals surface area contributed by atoms with Crippen LogP contribution in [-0.4, -0.2) is 58.6 Å². The minimum Gasteiger partial charge on any atom is -0.357 e. The Hall–Kier alpha value is -1.35. The van der Waals surface area contributed by atoms with Gasteiger partial charge in [-0.1, -0.05) is 13.8 Å². The van der Waals surface area contributed by atoms with Crippen molar-refractivity contribution in [2.45, 2.75) is 33.7 Å². The van der Waals surface area contributed by atoms with Gasteiger partial charge in [0.1, 0.15) is 9.84 Å². The summed E-state index contributed by atoms with van der Waals surface area (Å²) in [4.78, 5) is 11.1. The Morgan fingerprint density at radius 1 is 1.36 bits per heavy atom. The van der Waals surface area contributed by atoms with E-state index in [4.69, 9.17) is 0 Å². The molecule has 0 bridgehead atoms. The lowest BCUT2D eigenvalue weighted by atomic mass is 9.90. The number of hydrogen-bond donors (Lipinski definition) is 2. The van der Waals surface area contributed by atoms with Gasteiger partial charge in [-0.2, -0.15) is 0 Å². The van der Waals surface area contributed by atoms with E-state index in [2.05, 4.69) is 34.5 Å². The highest BCUT2D eigenvalue weighted by Crippen LogP contribution is 2.20. The SMILES string of the molecule is CCNC(=NCc1csc(N(C)C)n1)NCC(C)(C)CCS(C)(=O)=O. The van der Waals surface area contributed by atoms with E-state index in [0.29, 0.717) is 25.5 Å². The first kappa shape index (κ1) is 21.7. The fraction of sp³-hybridized carbons (Fsp3) is 0.750. The first-order valence-corrected chi connectivity index (χ1v) is 11.3. The summed E-state index contributed by atoms with van der Waals surface area (Å²) in [5, 5.41) is 9.49. The molecule has 144 valence electrons. The van der Waals surface area contributed by atoms with Gasteiger partial charge in [-0.3, -0.25) is 0 Å². The van der Waals surface area contributed by atoms with Crippen LogP contribution >= 0.6 is 11.3 Å². The summed E-state index contributed by atoms with van der Waals surface area (Å²) in [6.45, 7) is 8.03. The number of rotatable bonds is 9. The molecule has 1 aromatic rings. The minimum atomic E-state index is -2.94. The molecule has 7 nitrogen and oxygen atoms in total. The summed E-state index contributed by atoms with van der Waals surface area (Å²) >= 11 is 1.60. The molecule has 9 heteroatoms. The number of aromatic nitrogens is 1.